The molecule has 0 aliphatic rings. The van der Waals surface area contributed by atoms with E-state index in [0.717, 1.165) is 18.7 Å². The molecule has 0 heterocycles. The average molecular weight is 247 g/mol. The monoisotopic (exact) mass is 247 g/mol. The lowest BCUT2D eigenvalue weighted by Crippen LogP contribution is -2.27. The highest BCUT2D eigenvalue weighted by molar-refractivity contribution is 5.27. The lowest BCUT2D eigenvalue weighted by atomic mass is 10.1. The van der Waals surface area contributed by atoms with Crippen LogP contribution in [0.3, 0.4) is 0 Å². The van der Waals surface area contributed by atoms with Crippen LogP contribution in [-0.2, 0) is 6.42 Å². The lowest BCUT2D eigenvalue weighted by molar-refractivity contribution is 0.363. The Labute approximate surface area is 111 Å². The fraction of sp³-hybridized carbons (Fsp3) is 0.500. The summed E-state index contributed by atoms with van der Waals surface area (Å²) in [7, 11) is 0. The summed E-state index contributed by atoms with van der Waals surface area (Å²) in [5.74, 6) is 0.913. The second-order valence-electron chi connectivity index (χ2n) is 4.64. The summed E-state index contributed by atoms with van der Waals surface area (Å²) in [4.78, 5) is 0. The molecule has 0 aliphatic carbocycles. The van der Waals surface area contributed by atoms with Crippen molar-refractivity contribution >= 4 is 0 Å². The van der Waals surface area contributed by atoms with Crippen LogP contribution in [0.5, 0.6) is 5.75 Å². The maximum atomic E-state index is 5.46. The van der Waals surface area contributed by atoms with Crippen molar-refractivity contribution < 1.29 is 4.74 Å². The molecule has 2 nitrogen and oxygen atoms in total. The molecule has 0 fully saturated rings. The van der Waals surface area contributed by atoms with E-state index in [9.17, 15) is 0 Å². The van der Waals surface area contributed by atoms with Gasteiger partial charge in [0.2, 0.25) is 0 Å². The first-order chi connectivity index (χ1) is 8.76. The molecule has 1 aromatic carbocycles. The van der Waals surface area contributed by atoms with Crippen LogP contribution < -0.4 is 10.1 Å². The summed E-state index contributed by atoms with van der Waals surface area (Å²) in [6.45, 7) is 9.75. The van der Waals surface area contributed by atoms with Gasteiger partial charge in [0, 0.05) is 6.04 Å². The Bertz CT molecular complexity index is 331. The minimum Gasteiger partial charge on any atom is -0.490 e. The first-order valence-corrected chi connectivity index (χ1v) is 6.82. The molecule has 1 atom stereocenters. The van der Waals surface area contributed by atoms with Crippen molar-refractivity contribution in [3.63, 3.8) is 0 Å². The van der Waals surface area contributed by atoms with E-state index in [2.05, 4.69) is 37.9 Å². The molecule has 2 heteroatoms. The van der Waals surface area contributed by atoms with Crippen molar-refractivity contribution in [2.24, 2.45) is 0 Å². The van der Waals surface area contributed by atoms with Crippen LogP contribution >= 0.6 is 0 Å². The van der Waals surface area contributed by atoms with E-state index in [1.807, 2.05) is 12.1 Å². The van der Waals surface area contributed by atoms with E-state index in [-0.39, 0.29) is 0 Å². The van der Waals surface area contributed by atoms with Gasteiger partial charge in [-0.3, -0.25) is 0 Å². The number of hydrogen-bond acceptors (Lipinski definition) is 2. The summed E-state index contributed by atoms with van der Waals surface area (Å²) in [5.41, 5.74) is 1.37. The van der Waals surface area contributed by atoms with Gasteiger partial charge in [-0.05, 0) is 50.4 Å². The SMILES string of the molecule is C=CCOc1ccc(CCC(C)NCCC)cc1. The molecule has 0 spiro atoms. The molecule has 0 radical (unpaired) electrons. The first kappa shape index (κ1) is 14.8. The van der Waals surface area contributed by atoms with Gasteiger partial charge in [-0.1, -0.05) is 31.7 Å². The number of benzene rings is 1. The van der Waals surface area contributed by atoms with Gasteiger partial charge in [0.05, 0.1) is 0 Å². The first-order valence-electron chi connectivity index (χ1n) is 6.82. The highest BCUT2D eigenvalue weighted by Crippen LogP contribution is 2.14. The fourth-order valence-corrected chi connectivity index (χ4v) is 1.78. The van der Waals surface area contributed by atoms with E-state index >= 15 is 0 Å². The molecular weight excluding hydrogens is 222 g/mol. The zero-order chi connectivity index (χ0) is 13.2. The molecule has 0 aromatic heterocycles. The predicted molar refractivity (Wildman–Crippen MR) is 78.2 cm³/mol. The van der Waals surface area contributed by atoms with E-state index in [1.54, 1.807) is 6.08 Å². The third kappa shape index (κ3) is 5.87. The Balaban J connectivity index is 2.32. The van der Waals surface area contributed by atoms with Crippen LogP contribution in [0, 0.1) is 0 Å². The van der Waals surface area contributed by atoms with Gasteiger partial charge in [0.25, 0.3) is 0 Å². The Morgan fingerprint density at radius 2 is 2.06 bits per heavy atom. The zero-order valence-corrected chi connectivity index (χ0v) is 11.6. The second-order valence-corrected chi connectivity index (χ2v) is 4.64. The van der Waals surface area contributed by atoms with Crippen molar-refractivity contribution in [1.82, 2.24) is 5.32 Å². The van der Waals surface area contributed by atoms with Gasteiger partial charge in [-0.15, -0.1) is 0 Å². The fourth-order valence-electron chi connectivity index (χ4n) is 1.78. The number of rotatable bonds is 9. The minimum absolute atomic E-state index is 0.567. The number of aryl methyl sites for hydroxylation is 1. The molecular formula is C16H25NO. The number of nitrogens with one attached hydrogen (secondary N) is 1. The molecule has 0 bridgehead atoms. The third-order valence-corrected chi connectivity index (χ3v) is 2.90. The van der Waals surface area contributed by atoms with Gasteiger partial charge in [-0.2, -0.15) is 0 Å². The molecule has 0 saturated carbocycles. The molecule has 100 valence electrons. The second kappa shape index (κ2) is 8.76. The van der Waals surface area contributed by atoms with Gasteiger partial charge in [-0.25, -0.2) is 0 Å². The zero-order valence-electron chi connectivity index (χ0n) is 11.6. The average Bonchev–Trinajstić information content (AvgIpc) is 2.41. The van der Waals surface area contributed by atoms with Crippen molar-refractivity contribution in [3.8, 4) is 5.75 Å². The van der Waals surface area contributed by atoms with Crippen LogP contribution in [0.4, 0.5) is 0 Å². The standard InChI is InChI=1S/C16H25NO/c1-4-12-17-14(3)6-7-15-8-10-16(11-9-15)18-13-5-2/h5,8-11,14,17H,2,4,6-7,12-13H2,1,3H3. The molecule has 0 amide bonds. The van der Waals surface area contributed by atoms with Crippen LogP contribution in [0.15, 0.2) is 36.9 Å². The van der Waals surface area contributed by atoms with Crippen LogP contribution in [0.25, 0.3) is 0 Å². The highest BCUT2D eigenvalue weighted by atomic mass is 16.5. The Kier molecular flexibility index (Phi) is 7.19. The topological polar surface area (TPSA) is 21.3 Å². The third-order valence-electron chi connectivity index (χ3n) is 2.90. The van der Waals surface area contributed by atoms with Gasteiger partial charge in [0.15, 0.2) is 0 Å². The molecule has 1 unspecified atom stereocenters. The minimum atomic E-state index is 0.567. The van der Waals surface area contributed by atoms with Crippen molar-refractivity contribution in [1.29, 1.82) is 0 Å². The quantitative estimate of drug-likeness (QED) is 0.674. The smallest absolute Gasteiger partial charge is 0.119 e. The van der Waals surface area contributed by atoms with E-state index in [1.165, 1.54) is 18.4 Å². The largest absolute Gasteiger partial charge is 0.490 e. The number of ether oxygens (including phenoxy) is 1. The lowest BCUT2D eigenvalue weighted by Gasteiger charge is -2.13. The summed E-state index contributed by atoms with van der Waals surface area (Å²) in [6, 6.07) is 8.93. The summed E-state index contributed by atoms with van der Waals surface area (Å²) in [5, 5.41) is 3.51. The maximum Gasteiger partial charge on any atom is 0.119 e. The number of hydrogen-bond donors (Lipinski definition) is 1. The van der Waals surface area contributed by atoms with E-state index < -0.39 is 0 Å². The predicted octanol–water partition coefficient (Wildman–Crippen LogP) is 3.57. The van der Waals surface area contributed by atoms with Crippen LogP contribution in [-0.4, -0.2) is 19.2 Å². The van der Waals surface area contributed by atoms with Gasteiger partial charge in [0.1, 0.15) is 12.4 Å². The molecule has 0 saturated heterocycles. The summed E-state index contributed by atoms with van der Waals surface area (Å²) in [6.07, 6.45) is 5.24. The Morgan fingerprint density at radius 1 is 1.33 bits per heavy atom. The Morgan fingerprint density at radius 3 is 2.67 bits per heavy atom. The van der Waals surface area contributed by atoms with E-state index in [4.69, 9.17) is 4.74 Å². The maximum absolute atomic E-state index is 5.46. The van der Waals surface area contributed by atoms with Crippen molar-refractivity contribution in [2.75, 3.05) is 13.2 Å². The molecule has 1 rings (SSSR count). The normalized spacial score (nSPS) is 12.1. The summed E-state index contributed by atoms with van der Waals surface area (Å²) >= 11 is 0. The molecule has 18 heavy (non-hydrogen) atoms. The van der Waals surface area contributed by atoms with Crippen molar-refractivity contribution in [3.05, 3.63) is 42.5 Å². The van der Waals surface area contributed by atoms with Crippen LogP contribution in [0.1, 0.15) is 32.3 Å². The van der Waals surface area contributed by atoms with Gasteiger partial charge >= 0.3 is 0 Å². The summed E-state index contributed by atoms with van der Waals surface area (Å²) < 4.78 is 5.46. The highest BCUT2D eigenvalue weighted by Gasteiger charge is 2.01. The molecule has 0 aliphatic heterocycles. The molecule has 1 aromatic rings. The van der Waals surface area contributed by atoms with E-state index in [0.29, 0.717) is 12.6 Å². The van der Waals surface area contributed by atoms with Gasteiger partial charge < -0.3 is 10.1 Å². The Hall–Kier alpha value is -1.28. The van der Waals surface area contributed by atoms with Crippen LogP contribution in [0.2, 0.25) is 0 Å². The molecule has 1 N–H and O–H groups in total. The van der Waals surface area contributed by atoms with Crippen molar-refractivity contribution in [2.45, 2.75) is 39.2 Å².